The molecule has 1 aromatic carbocycles. The molecule has 1 fully saturated rings. The molecule has 1 saturated carbocycles. The van der Waals surface area contributed by atoms with Gasteiger partial charge in [0, 0.05) is 32.0 Å². The third-order valence-electron chi connectivity index (χ3n) is 4.66. The van der Waals surface area contributed by atoms with Crippen LogP contribution in [0.3, 0.4) is 0 Å². The number of alkyl halides is 3. The van der Waals surface area contributed by atoms with Crippen molar-refractivity contribution >= 4 is 21.8 Å². The molecule has 1 aliphatic rings. The molecule has 0 atom stereocenters. The largest absolute Gasteiger partial charge is 0.573 e. The zero-order valence-corrected chi connectivity index (χ0v) is 17.7. The van der Waals surface area contributed by atoms with E-state index in [1.54, 1.807) is 0 Å². The van der Waals surface area contributed by atoms with Gasteiger partial charge in [0.05, 0.1) is 4.90 Å². The van der Waals surface area contributed by atoms with E-state index in [2.05, 4.69) is 20.1 Å². The van der Waals surface area contributed by atoms with Crippen molar-refractivity contribution in [3.8, 4) is 5.75 Å². The topological polar surface area (TPSA) is 114 Å². The van der Waals surface area contributed by atoms with Crippen molar-refractivity contribution in [2.24, 2.45) is 0 Å². The lowest BCUT2D eigenvalue weighted by atomic mass is 9.95. The van der Waals surface area contributed by atoms with Gasteiger partial charge >= 0.3 is 6.36 Å². The Labute approximate surface area is 179 Å². The van der Waals surface area contributed by atoms with Gasteiger partial charge in [0.2, 0.25) is 21.8 Å². The molecule has 3 N–H and O–H groups in total. The van der Waals surface area contributed by atoms with E-state index in [4.69, 9.17) is 0 Å². The Morgan fingerprint density at radius 2 is 1.58 bits per heavy atom. The van der Waals surface area contributed by atoms with Gasteiger partial charge in [-0.2, -0.15) is 0 Å². The number of carbonyl (C=O) groups excluding carboxylic acids is 2. The van der Waals surface area contributed by atoms with Gasteiger partial charge in [0.1, 0.15) is 5.75 Å². The number of nitrogens with one attached hydrogen (secondary N) is 3. The standard InChI is InChI=1S/C19H26F3N3O5S/c20-19(21,22)30-15-6-8-16(9-7-15)31(28,29)24-13-11-17(26)23-12-10-18(27)25-14-4-2-1-3-5-14/h6-9,14,24H,1-5,10-13H2,(H,23,26)(H,25,27). The van der Waals surface area contributed by atoms with Crippen LogP contribution < -0.4 is 20.1 Å². The highest BCUT2D eigenvalue weighted by Crippen LogP contribution is 2.23. The van der Waals surface area contributed by atoms with Gasteiger partial charge in [-0.3, -0.25) is 9.59 Å². The normalized spacial score (nSPS) is 15.3. The number of amides is 2. The molecule has 1 aliphatic carbocycles. The number of benzene rings is 1. The quantitative estimate of drug-likeness (QED) is 0.490. The Morgan fingerprint density at radius 1 is 0.968 bits per heavy atom. The predicted molar refractivity (Wildman–Crippen MR) is 106 cm³/mol. The van der Waals surface area contributed by atoms with E-state index in [0.717, 1.165) is 49.9 Å². The van der Waals surface area contributed by atoms with Crippen LogP contribution in [0.15, 0.2) is 29.2 Å². The van der Waals surface area contributed by atoms with Crippen molar-refractivity contribution in [3.63, 3.8) is 0 Å². The van der Waals surface area contributed by atoms with Gasteiger partial charge in [0.25, 0.3) is 0 Å². The molecule has 0 unspecified atom stereocenters. The number of sulfonamides is 1. The first-order chi connectivity index (χ1) is 14.5. The Balaban J connectivity index is 1.66. The lowest BCUT2D eigenvalue weighted by Crippen LogP contribution is -2.38. The van der Waals surface area contributed by atoms with E-state index in [1.165, 1.54) is 6.42 Å². The Hall–Kier alpha value is -2.34. The molecule has 0 aromatic heterocycles. The average Bonchev–Trinajstić information content (AvgIpc) is 2.68. The van der Waals surface area contributed by atoms with Gasteiger partial charge in [0.15, 0.2) is 0 Å². The van der Waals surface area contributed by atoms with Crippen LogP contribution >= 0.6 is 0 Å². The molecule has 0 aliphatic heterocycles. The number of carbonyl (C=O) groups is 2. The number of rotatable bonds is 10. The monoisotopic (exact) mass is 465 g/mol. The molecule has 0 radical (unpaired) electrons. The average molecular weight is 465 g/mol. The number of ether oxygens (including phenoxy) is 1. The zero-order valence-electron chi connectivity index (χ0n) is 16.8. The summed E-state index contributed by atoms with van der Waals surface area (Å²) in [6.07, 6.45) is 0.435. The molecule has 8 nitrogen and oxygen atoms in total. The van der Waals surface area contributed by atoms with E-state index < -0.39 is 28.0 Å². The van der Waals surface area contributed by atoms with E-state index in [-0.39, 0.29) is 42.8 Å². The highest BCUT2D eigenvalue weighted by Gasteiger charge is 2.31. The number of halogens is 3. The maximum atomic E-state index is 12.1. The van der Waals surface area contributed by atoms with Crippen LogP contribution in [-0.4, -0.2) is 45.7 Å². The van der Waals surface area contributed by atoms with Crippen molar-refractivity contribution < 1.29 is 35.9 Å². The van der Waals surface area contributed by atoms with E-state index >= 15 is 0 Å². The summed E-state index contributed by atoms with van der Waals surface area (Å²) in [6.45, 7) is -0.0615. The maximum Gasteiger partial charge on any atom is 0.573 e. The first-order valence-electron chi connectivity index (χ1n) is 9.97. The molecule has 0 heterocycles. The minimum absolute atomic E-state index is 0.133. The third kappa shape index (κ3) is 9.55. The summed E-state index contributed by atoms with van der Waals surface area (Å²) in [5.41, 5.74) is 0. The molecule has 1 aromatic rings. The minimum Gasteiger partial charge on any atom is -0.406 e. The second-order valence-corrected chi connectivity index (χ2v) is 8.94. The minimum atomic E-state index is -4.87. The van der Waals surface area contributed by atoms with Gasteiger partial charge in [-0.25, -0.2) is 13.1 Å². The Bertz CT molecular complexity index is 838. The van der Waals surface area contributed by atoms with Crippen LogP contribution in [0.25, 0.3) is 0 Å². The summed E-state index contributed by atoms with van der Waals surface area (Å²) in [5.74, 6) is -1.11. The summed E-state index contributed by atoms with van der Waals surface area (Å²) in [5, 5.41) is 5.49. The van der Waals surface area contributed by atoms with Crippen molar-refractivity contribution in [1.82, 2.24) is 15.4 Å². The fourth-order valence-electron chi connectivity index (χ4n) is 3.15. The lowest BCUT2D eigenvalue weighted by Gasteiger charge is -2.22. The molecule has 12 heteroatoms. The van der Waals surface area contributed by atoms with Gasteiger partial charge in [-0.15, -0.1) is 13.2 Å². The first kappa shape index (κ1) is 24.9. The molecule has 31 heavy (non-hydrogen) atoms. The van der Waals surface area contributed by atoms with Crippen molar-refractivity contribution in [2.45, 2.75) is 62.2 Å². The smallest absolute Gasteiger partial charge is 0.406 e. The number of hydrogen-bond donors (Lipinski definition) is 3. The predicted octanol–water partition coefficient (Wildman–Crippen LogP) is 2.21. The molecule has 2 rings (SSSR count). The molecule has 174 valence electrons. The molecule has 0 saturated heterocycles. The summed E-state index contributed by atoms with van der Waals surface area (Å²) in [4.78, 5) is 23.4. The second-order valence-electron chi connectivity index (χ2n) is 7.17. The van der Waals surface area contributed by atoms with Gasteiger partial charge in [-0.05, 0) is 37.1 Å². The fourth-order valence-corrected chi connectivity index (χ4v) is 4.19. The summed E-state index contributed by atoms with van der Waals surface area (Å²) < 4.78 is 66.6. The van der Waals surface area contributed by atoms with Crippen LogP contribution in [0.4, 0.5) is 13.2 Å². The summed E-state index contributed by atoms with van der Waals surface area (Å²) in [6, 6.07) is 3.89. The lowest BCUT2D eigenvalue weighted by molar-refractivity contribution is -0.274. The van der Waals surface area contributed by atoms with Crippen molar-refractivity contribution in [2.75, 3.05) is 13.1 Å². The molecule has 0 bridgehead atoms. The summed E-state index contributed by atoms with van der Waals surface area (Å²) >= 11 is 0. The van der Waals surface area contributed by atoms with Crippen LogP contribution in [0.1, 0.15) is 44.9 Å². The Kier molecular flexibility index (Phi) is 9.11. The van der Waals surface area contributed by atoms with Gasteiger partial charge in [-0.1, -0.05) is 19.3 Å². The van der Waals surface area contributed by atoms with Crippen molar-refractivity contribution in [1.29, 1.82) is 0 Å². The molecular weight excluding hydrogens is 439 g/mol. The van der Waals surface area contributed by atoms with Gasteiger partial charge < -0.3 is 15.4 Å². The van der Waals surface area contributed by atoms with Crippen LogP contribution in [0.2, 0.25) is 0 Å². The van der Waals surface area contributed by atoms with Crippen LogP contribution in [0, 0.1) is 0 Å². The van der Waals surface area contributed by atoms with E-state index in [1.807, 2.05) is 0 Å². The molecular formula is C19H26F3N3O5S. The summed E-state index contributed by atoms with van der Waals surface area (Å²) in [7, 11) is -4.00. The maximum absolute atomic E-state index is 12.1. The third-order valence-corrected chi connectivity index (χ3v) is 6.13. The van der Waals surface area contributed by atoms with Crippen LogP contribution in [-0.2, 0) is 19.6 Å². The Morgan fingerprint density at radius 3 is 2.19 bits per heavy atom. The van der Waals surface area contributed by atoms with Crippen molar-refractivity contribution in [3.05, 3.63) is 24.3 Å². The first-order valence-corrected chi connectivity index (χ1v) is 11.4. The zero-order chi connectivity index (χ0) is 22.9. The SMILES string of the molecule is O=C(CCNS(=O)(=O)c1ccc(OC(F)(F)F)cc1)NCCC(=O)NC1CCCCC1. The van der Waals surface area contributed by atoms with E-state index in [0.29, 0.717) is 0 Å². The molecule has 0 spiro atoms. The fraction of sp³-hybridized carbons (Fsp3) is 0.579. The second kappa shape index (κ2) is 11.3. The highest BCUT2D eigenvalue weighted by atomic mass is 32.2. The number of hydrogen-bond acceptors (Lipinski definition) is 5. The van der Waals surface area contributed by atoms with Crippen LogP contribution in [0.5, 0.6) is 5.75 Å². The highest BCUT2D eigenvalue weighted by molar-refractivity contribution is 7.89. The molecule has 2 amide bonds. The van der Waals surface area contributed by atoms with E-state index in [9.17, 15) is 31.2 Å².